The third-order valence-electron chi connectivity index (χ3n) is 2.93. The highest BCUT2D eigenvalue weighted by molar-refractivity contribution is 5.88. The standard InChI is InChI=1S/C14H17NO5/c16-12(17)10-19-9-8-15-13(18)14(6-7-14)20-11-4-2-1-3-5-11/h1-5H,6-10H2,(H,15,18)(H,16,17). The Morgan fingerprint density at radius 2 is 1.95 bits per heavy atom. The molecular weight excluding hydrogens is 262 g/mol. The first kappa shape index (κ1) is 14.3. The summed E-state index contributed by atoms with van der Waals surface area (Å²) >= 11 is 0. The number of hydrogen-bond donors (Lipinski definition) is 2. The minimum Gasteiger partial charge on any atom is -0.480 e. The predicted molar refractivity (Wildman–Crippen MR) is 70.5 cm³/mol. The monoisotopic (exact) mass is 279 g/mol. The number of hydrogen-bond acceptors (Lipinski definition) is 4. The van der Waals surface area contributed by atoms with E-state index in [-0.39, 0.29) is 25.7 Å². The Bertz CT molecular complexity index is 470. The smallest absolute Gasteiger partial charge is 0.329 e. The average molecular weight is 279 g/mol. The molecule has 0 spiro atoms. The van der Waals surface area contributed by atoms with Crippen LogP contribution in [0.2, 0.25) is 0 Å². The molecule has 20 heavy (non-hydrogen) atoms. The zero-order valence-corrected chi connectivity index (χ0v) is 11.0. The Labute approximate surface area is 116 Å². The number of rotatable bonds is 8. The average Bonchev–Trinajstić information content (AvgIpc) is 3.20. The molecule has 108 valence electrons. The van der Waals surface area contributed by atoms with E-state index >= 15 is 0 Å². The molecule has 1 fully saturated rings. The predicted octanol–water partition coefficient (Wildman–Crippen LogP) is 0.815. The molecule has 0 radical (unpaired) electrons. The van der Waals surface area contributed by atoms with E-state index in [4.69, 9.17) is 14.6 Å². The van der Waals surface area contributed by atoms with Crippen LogP contribution in [0.4, 0.5) is 0 Å². The first-order chi connectivity index (χ1) is 9.62. The van der Waals surface area contributed by atoms with Crippen LogP contribution in [0.25, 0.3) is 0 Å². The summed E-state index contributed by atoms with van der Waals surface area (Å²) < 4.78 is 10.6. The molecule has 1 saturated carbocycles. The lowest BCUT2D eigenvalue weighted by atomic mass is 10.3. The van der Waals surface area contributed by atoms with Crippen molar-refractivity contribution in [1.82, 2.24) is 5.32 Å². The molecule has 0 aromatic heterocycles. The molecule has 2 rings (SSSR count). The molecule has 0 atom stereocenters. The van der Waals surface area contributed by atoms with Gasteiger partial charge in [-0.25, -0.2) is 4.79 Å². The maximum Gasteiger partial charge on any atom is 0.329 e. The Morgan fingerprint density at radius 3 is 2.55 bits per heavy atom. The summed E-state index contributed by atoms with van der Waals surface area (Å²) in [5, 5.41) is 11.1. The van der Waals surface area contributed by atoms with Crippen LogP contribution in [-0.2, 0) is 14.3 Å². The topological polar surface area (TPSA) is 84.9 Å². The Morgan fingerprint density at radius 1 is 1.25 bits per heavy atom. The number of aliphatic carboxylic acids is 1. The first-order valence-corrected chi connectivity index (χ1v) is 6.44. The van der Waals surface area contributed by atoms with Crippen molar-refractivity contribution in [2.75, 3.05) is 19.8 Å². The number of amides is 1. The molecule has 0 unspecified atom stereocenters. The van der Waals surface area contributed by atoms with E-state index in [0.29, 0.717) is 18.6 Å². The SMILES string of the molecule is O=C(O)COCCNC(=O)C1(Oc2ccccc2)CC1. The quantitative estimate of drug-likeness (QED) is 0.688. The molecule has 2 N–H and O–H groups in total. The lowest BCUT2D eigenvalue weighted by Gasteiger charge is -2.17. The van der Waals surface area contributed by atoms with Gasteiger partial charge in [-0.1, -0.05) is 18.2 Å². The molecule has 1 amide bonds. The molecule has 1 aliphatic carbocycles. The van der Waals surface area contributed by atoms with Crippen molar-refractivity contribution in [1.29, 1.82) is 0 Å². The van der Waals surface area contributed by atoms with Gasteiger partial charge in [0.1, 0.15) is 12.4 Å². The number of para-hydroxylation sites is 1. The third kappa shape index (κ3) is 3.96. The molecule has 0 aliphatic heterocycles. The van der Waals surface area contributed by atoms with Crippen molar-refractivity contribution in [2.24, 2.45) is 0 Å². The van der Waals surface area contributed by atoms with Crippen LogP contribution >= 0.6 is 0 Å². The minimum atomic E-state index is -1.03. The largest absolute Gasteiger partial charge is 0.480 e. The number of ether oxygens (including phenoxy) is 2. The number of carboxylic acids is 1. The third-order valence-corrected chi connectivity index (χ3v) is 2.93. The molecule has 0 saturated heterocycles. The van der Waals surface area contributed by atoms with E-state index in [1.165, 1.54) is 0 Å². The van der Waals surface area contributed by atoms with E-state index in [2.05, 4.69) is 5.32 Å². The number of carbonyl (C=O) groups excluding carboxylic acids is 1. The van der Waals surface area contributed by atoms with Gasteiger partial charge in [0, 0.05) is 19.4 Å². The fraction of sp³-hybridized carbons (Fsp3) is 0.429. The molecule has 6 heteroatoms. The lowest BCUT2D eigenvalue weighted by molar-refractivity contribution is -0.142. The van der Waals surface area contributed by atoms with Crippen molar-refractivity contribution < 1.29 is 24.2 Å². The summed E-state index contributed by atoms with van der Waals surface area (Å²) in [4.78, 5) is 22.3. The summed E-state index contributed by atoms with van der Waals surface area (Å²) in [6.07, 6.45) is 1.37. The van der Waals surface area contributed by atoms with Gasteiger partial charge in [-0.05, 0) is 12.1 Å². The number of benzene rings is 1. The zero-order valence-electron chi connectivity index (χ0n) is 11.0. The van der Waals surface area contributed by atoms with Gasteiger partial charge in [-0.15, -0.1) is 0 Å². The maximum absolute atomic E-state index is 12.0. The van der Waals surface area contributed by atoms with Crippen LogP contribution in [0.1, 0.15) is 12.8 Å². The first-order valence-electron chi connectivity index (χ1n) is 6.44. The minimum absolute atomic E-state index is 0.166. The van der Waals surface area contributed by atoms with Crippen molar-refractivity contribution >= 4 is 11.9 Å². The van der Waals surface area contributed by atoms with Crippen molar-refractivity contribution in [2.45, 2.75) is 18.4 Å². The Hall–Kier alpha value is -2.08. The van der Waals surface area contributed by atoms with Gasteiger partial charge < -0.3 is 19.9 Å². The summed E-state index contributed by atoms with van der Waals surface area (Å²) in [6.45, 7) is 0.0764. The Balaban J connectivity index is 1.73. The second-order valence-electron chi connectivity index (χ2n) is 4.61. The molecule has 1 aliphatic rings. The van der Waals surface area contributed by atoms with Gasteiger partial charge in [-0.3, -0.25) is 4.79 Å². The van der Waals surface area contributed by atoms with Gasteiger partial charge in [0.25, 0.3) is 5.91 Å². The highest BCUT2D eigenvalue weighted by atomic mass is 16.5. The molecule has 1 aromatic rings. The van der Waals surface area contributed by atoms with E-state index < -0.39 is 11.6 Å². The van der Waals surface area contributed by atoms with Crippen LogP contribution in [0, 0.1) is 0 Å². The fourth-order valence-electron chi connectivity index (χ4n) is 1.76. The van der Waals surface area contributed by atoms with Crippen LogP contribution in [0.5, 0.6) is 5.75 Å². The zero-order chi connectivity index (χ0) is 14.4. The molecule has 6 nitrogen and oxygen atoms in total. The van der Waals surface area contributed by atoms with Crippen LogP contribution in [-0.4, -0.2) is 42.3 Å². The lowest BCUT2D eigenvalue weighted by Crippen LogP contribution is -2.41. The molecule has 0 heterocycles. The van der Waals surface area contributed by atoms with Crippen LogP contribution < -0.4 is 10.1 Å². The van der Waals surface area contributed by atoms with Gasteiger partial charge >= 0.3 is 5.97 Å². The number of nitrogens with one attached hydrogen (secondary N) is 1. The summed E-state index contributed by atoms with van der Waals surface area (Å²) in [5.74, 6) is -0.537. The van der Waals surface area contributed by atoms with E-state index in [9.17, 15) is 9.59 Å². The van der Waals surface area contributed by atoms with E-state index in [0.717, 1.165) is 0 Å². The van der Waals surface area contributed by atoms with Crippen LogP contribution in [0.15, 0.2) is 30.3 Å². The van der Waals surface area contributed by atoms with Crippen molar-refractivity contribution in [3.63, 3.8) is 0 Å². The van der Waals surface area contributed by atoms with Crippen molar-refractivity contribution in [3.8, 4) is 5.75 Å². The number of carboxylic acid groups (broad SMARTS) is 1. The molecule has 1 aromatic carbocycles. The second-order valence-corrected chi connectivity index (χ2v) is 4.61. The molecular formula is C14H17NO5. The van der Waals surface area contributed by atoms with Gasteiger partial charge in [0.15, 0.2) is 5.60 Å². The normalized spacial score (nSPS) is 15.4. The van der Waals surface area contributed by atoms with Gasteiger partial charge in [0.2, 0.25) is 0 Å². The summed E-state index contributed by atoms with van der Waals surface area (Å²) in [5.41, 5.74) is -0.770. The van der Waals surface area contributed by atoms with E-state index in [1.807, 2.05) is 30.3 Å². The molecule has 0 bridgehead atoms. The maximum atomic E-state index is 12.0. The van der Waals surface area contributed by atoms with Crippen LogP contribution in [0.3, 0.4) is 0 Å². The second kappa shape index (κ2) is 6.38. The Kier molecular flexibility index (Phi) is 4.57. The summed E-state index contributed by atoms with van der Waals surface area (Å²) in [6, 6.07) is 9.20. The fourth-order valence-corrected chi connectivity index (χ4v) is 1.76. The highest BCUT2D eigenvalue weighted by Crippen LogP contribution is 2.40. The van der Waals surface area contributed by atoms with Gasteiger partial charge in [0.05, 0.1) is 6.61 Å². The van der Waals surface area contributed by atoms with Gasteiger partial charge in [-0.2, -0.15) is 0 Å². The highest BCUT2D eigenvalue weighted by Gasteiger charge is 2.52. The van der Waals surface area contributed by atoms with E-state index in [1.54, 1.807) is 0 Å². The number of carbonyl (C=O) groups is 2. The summed E-state index contributed by atoms with van der Waals surface area (Å²) in [7, 11) is 0. The van der Waals surface area contributed by atoms with Crippen molar-refractivity contribution in [3.05, 3.63) is 30.3 Å².